The van der Waals surface area contributed by atoms with Crippen LogP contribution >= 0.6 is 0 Å². The van der Waals surface area contributed by atoms with Crippen LogP contribution in [-0.2, 0) is 17.9 Å². The summed E-state index contributed by atoms with van der Waals surface area (Å²) in [5, 5.41) is 7.79. The molecule has 1 aromatic heterocycles. The summed E-state index contributed by atoms with van der Waals surface area (Å²) in [5.41, 5.74) is 4.22. The summed E-state index contributed by atoms with van der Waals surface area (Å²) in [6.07, 6.45) is 0. The lowest BCUT2D eigenvalue weighted by Crippen LogP contribution is -2.64. The fraction of sp³-hybridized carbons (Fsp3) is 0.258. The van der Waals surface area contributed by atoms with Crippen LogP contribution in [0.3, 0.4) is 0 Å². The summed E-state index contributed by atoms with van der Waals surface area (Å²) in [6.45, 7) is 6.20. The Balaban J connectivity index is 1.55. The molecule has 1 atom stereocenters. The van der Waals surface area contributed by atoms with Crippen LogP contribution in [0.15, 0.2) is 72.8 Å². The van der Waals surface area contributed by atoms with Crippen molar-refractivity contribution < 1.29 is 19.1 Å². The van der Waals surface area contributed by atoms with Crippen molar-refractivity contribution >= 4 is 17.5 Å². The normalized spacial score (nSPS) is 16.5. The van der Waals surface area contributed by atoms with E-state index in [4.69, 9.17) is 14.6 Å². The number of methoxy groups -OCH3 is 2. The second kappa shape index (κ2) is 10.3. The van der Waals surface area contributed by atoms with E-state index >= 15 is 0 Å². The monoisotopic (exact) mass is 524 g/mol. The van der Waals surface area contributed by atoms with Crippen LogP contribution in [-0.4, -0.2) is 41.4 Å². The van der Waals surface area contributed by atoms with Crippen molar-refractivity contribution in [2.24, 2.45) is 0 Å². The lowest BCUT2D eigenvalue weighted by molar-refractivity contribution is -0.126. The number of hydrogen-bond acceptors (Lipinski definition) is 5. The van der Waals surface area contributed by atoms with Gasteiger partial charge in [0.1, 0.15) is 22.7 Å². The van der Waals surface area contributed by atoms with Gasteiger partial charge in [-0.25, -0.2) is 0 Å². The van der Waals surface area contributed by atoms with Gasteiger partial charge in [-0.05, 0) is 68.8 Å². The number of nitrogens with one attached hydrogen (secondary N) is 1. The molecule has 0 aliphatic carbocycles. The van der Waals surface area contributed by atoms with Crippen molar-refractivity contribution in [1.29, 1.82) is 0 Å². The number of aromatic nitrogens is 2. The maximum Gasteiger partial charge on any atom is 0.277 e. The molecule has 0 fully saturated rings. The quantitative estimate of drug-likeness (QED) is 0.371. The van der Waals surface area contributed by atoms with Gasteiger partial charge in [-0.2, -0.15) is 5.10 Å². The molecule has 1 aliphatic rings. The largest absolute Gasteiger partial charge is 0.497 e. The molecular weight excluding hydrogens is 492 g/mol. The summed E-state index contributed by atoms with van der Waals surface area (Å²) in [6, 6.07) is 22.7. The molecule has 1 unspecified atom stereocenters. The van der Waals surface area contributed by atoms with Crippen LogP contribution in [0, 0.1) is 13.8 Å². The summed E-state index contributed by atoms with van der Waals surface area (Å²) >= 11 is 0. The highest BCUT2D eigenvalue weighted by atomic mass is 16.5. The van der Waals surface area contributed by atoms with Crippen LogP contribution in [0.1, 0.15) is 34.1 Å². The molecule has 0 bridgehead atoms. The van der Waals surface area contributed by atoms with E-state index in [9.17, 15) is 9.59 Å². The number of para-hydroxylation sites is 1. The minimum absolute atomic E-state index is 0.190. The third-order valence-electron chi connectivity index (χ3n) is 7.25. The number of hydrogen-bond donors (Lipinski definition) is 1. The number of ether oxygens (including phenoxy) is 2. The first-order valence-corrected chi connectivity index (χ1v) is 12.8. The summed E-state index contributed by atoms with van der Waals surface area (Å²) in [7, 11) is 3.22. The van der Waals surface area contributed by atoms with Crippen LogP contribution < -0.4 is 19.7 Å². The number of carbonyl (C=O) groups is 2. The standard InChI is InChI=1S/C31H32N4O4/c1-20-10-15-26(21(2)16-20)35-29(36)27-17-25(22-11-13-24(38-4)14-12-22)33-34(27)19-31(35,3)30(37)32-18-23-8-6-7-9-28(23)39-5/h6-17H,18-19H2,1-5H3,(H,32,37). The summed E-state index contributed by atoms with van der Waals surface area (Å²) in [4.78, 5) is 29.7. The van der Waals surface area contributed by atoms with E-state index in [2.05, 4.69) is 5.32 Å². The summed E-state index contributed by atoms with van der Waals surface area (Å²) in [5.74, 6) is 0.857. The fourth-order valence-corrected chi connectivity index (χ4v) is 5.13. The molecule has 1 aliphatic heterocycles. The van der Waals surface area contributed by atoms with Gasteiger partial charge in [-0.15, -0.1) is 0 Å². The predicted molar refractivity (Wildman–Crippen MR) is 150 cm³/mol. The van der Waals surface area contributed by atoms with Crippen molar-refractivity contribution in [3.05, 3.63) is 95.2 Å². The van der Waals surface area contributed by atoms with E-state index in [0.29, 0.717) is 22.8 Å². The van der Waals surface area contributed by atoms with E-state index in [0.717, 1.165) is 28.0 Å². The number of fused-ring (bicyclic) bond motifs is 1. The lowest BCUT2D eigenvalue weighted by Gasteiger charge is -2.43. The number of rotatable bonds is 7. The molecule has 0 radical (unpaired) electrons. The molecule has 0 saturated carbocycles. The van der Waals surface area contributed by atoms with E-state index in [1.165, 1.54) is 0 Å². The van der Waals surface area contributed by atoms with E-state index in [-0.39, 0.29) is 24.9 Å². The van der Waals surface area contributed by atoms with Gasteiger partial charge in [0.25, 0.3) is 5.91 Å². The van der Waals surface area contributed by atoms with Crippen LogP contribution in [0.2, 0.25) is 0 Å². The molecule has 39 heavy (non-hydrogen) atoms. The average Bonchev–Trinajstić information content (AvgIpc) is 3.37. The molecule has 3 aromatic carbocycles. The first-order chi connectivity index (χ1) is 18.7. The Labute approximate surface area is 228 Å². The third kappa shape index (κ3) is 4.74. The zero-order valence-corrected chi connectivity index (χ0v) is 22.8. The zero-order valence-electron chi connectivity index (χ0n) is 22.8. The van der Waals surface area contributed by atoms with Crippen molar-refractivity contribution in [2.45, 2.75) is 39.4 Å². The molecule has 1 N–H and O–H groups in total. The highest BCUT2D eigenvalue weighted by Crippen LogP contribution is 2.36. The van der Waals surface area contributed by atoms with Gasteiger partial charge in [-0.1, -0.05) is 35.9 Å². The molecular formula is C31H32N4O4. The smallest absolute Gasteiger partial charge is 0.277 e. The minimum atomic E-state index is -1.24. The van der Waals surface area contributed by atoms with Gasteiger partial charge in [0, 0.05) is 23.4 Å². The van der Waals surface area contributed by atoms with Crippen molar-refractivity contribution in [2.75, 3.05) is 19.1 Å². The predicted octanol–water partition coefficient (Wildman–Crippen LogP) is 4.92. The van der Waals surface area contributed by atoms with Crippen LogP contribution in [0.4, 0.5) is 5.69 Å². The highest BCUT2D eigenvalue weighted by molar-refractivity contribution is 6.12. The Hall–Kier alpha value is -4.59. The minimum Gasteiger partial charge on any atom is -0.497 e. The first kappa shape index (κ1) is 26.0. The number of nitrogens with zero attached hydrogens (tertiary/aromatic N) is 3. The Morgan fingerprint density at radius 3 is 2.44 bits per heavy atom. The molecule has 8 nitrogen and oxygen atoms in total. The molecule has 0 saturated heterocycles. The first-order valence-electron chi connectivity index (χ1n) is 12.8. The molecule has 5 rings (SSSR count). The fourth-order valence-electron chi connectivity index (χ4n) is 5.13. The Bertz CT molecular complexity index is 1540. The SMILES string of the molecule is COc1ccc(-c2cc3n(n2)CC(C)(C(=O)NCc2ccccc2OC)N(c2ccc(C)cc2C)C3=O)cc1. The number of anilines is 1. The topological polar surface area (TPSA) is 85.7 Å². The van der Waals surface area contributed by atoms with Crippen molar-refractivity contribution in [3.63, 3.8) is 0 Å². The van der Waals surface area contributed by atoms with Gasteiger partial charge in [0.05, 0.1) is 26.5 Å². The second-order valence-corrected chi connectivity index (χ2v) is 10.00. The molecule has 0 spiro atoms. The van der Waals surface area contributed by atoms with Crippen LogP contribution in [0.5, 0.6) is 11.5 Å². The van der Waals surface area contributed by atoms with Gasteiger partial charge < -0.3 is 14.8 Å². The van der Waals surface area contributed by atoms with Crippen molar-refractivity contribution in [1.82, 2.24) is 15.1 Å². The molecule has 4 aromatic rings. The lowest BCUT2D eigenvalue weighted by atomic mass is 9.92. The number of benzene rings is 3. The van der Waals surface area contributed by atoms with Gasteiger partial charge in [0.15, 0.2) is 0 Å². The van der Waals surface area contributed by atoms with Gasteiger partial charge in [0.2, 0.25) is 5.91 Å². The van der Waals surface area contributed by atoms with Gasteiger partial charge in [-0.3, -0.25) is 19.2 Å². The summed E-state index contributed by atoms with van der Waals surface area (Å²) < 4.78 is 12.4. The Morgan fingerprint density at radius 2 is 1.74 bits per heavy atom. The molecule has 200 valence electrons. The average molecular weight is 525 g/mol. The Kier molecular flexibility index (Phi) is 6.87. The molecule has 2 amide bonds. The molecule has 2 heterocycles. The second-order valence-electron chi connectivity index (χ2n) is 10.00. The van der Waals surface area contributed by atoms with Crippen molar-refractivity contribution in [3.8, 4) is 22.8 Å². The Morgan fingerprint density at radius 1 is 1.00 bits per heavy atom. The van der Waals surface area contributed by atoms with Gasteiger partial charge >= 0.3 is 0 Å². The van der Waals surface area contributed by atoms with E-state index < -0.39 is 5.54 Å². The molecule has 8 heteroatoms. The highest BCUT2D eigenvalue weighted by Gasteiger charge is 2.49. The number of carbonyl (C=O) groups excluding carboxylic acids is 2. The number of aryl methyl sites for hydroxylation is 2. The van der Waals surface area contributed by atoms with Crippen LogP contribution in [0.25, 0.3) is 11.3 Å². The van der Waals surface area contributed by atoms with E-state index in [1.807, 2.05) is 80.6 Å². The maximum absolute atomic E-state index is 14.1. The number of amides is 2. The third-order valence-corrected chi connectivity index (χ3v) is 7.25. The maximum atomic E-state index is 14.1. The van der Waals surface area contributed by atoms with E-state index in [1.54, 1.807) is 36.8 Å². The zero-order chi connectivity index (χ0) is 27.7.